The summed E-state index contributed by atoms with van der Waals surface area (Å²) >= 11 is 1.96. The maximum Gasteiger partial charge on any atom is 0.0376 e. The number of nitrogens with one attached hydrogen (secondary N) is 1. The Balaban J connectivity index is 1.76. The van der Waals surface area contributed by atoms with Crippen LogP contribution in [0.25, 0.3) is 0 Å². The fourth-order valence-corrected chi connectivity index (χ4v) is 4.38. The Morgan fingerprint density at radius 1 is 1.24 bits per heavy atom. The monoisotopic (exact) mass is 298 g/mol. The van der Waals surface area contributed by atoms with Gasteiger partial charge in [-0.3, -0.25) is 11.3 Å². The highest BCUT2D eigenvalue weighted by Gasteiger charge is 2.29. The van der Waals surface area contributed by atoms with Crippen molar-refractivity contribution < 1.29 is 0 Å². The van der Waals surface area contributed by atoms with Crippen LogP contribution in [0.3, 0.4) is 0 Å². The van der Waals surface area contributed by atoms with Crippen molar-refractivity contribution in [3.8, 4) is 0 Å². The summed E-state index contributed by atoms with van der Waals surface area (Å²) in [7, 11) is 0. The van der Waals surface area contributed by atoms with Gasteiger partial charge in [-0.1, -0.05) is 42.0 Å². The molecule has 0 bridgehead atoms. The Bertz CT molecular complexity index is 614. The van der Waals surface area contributed by atoms with E-state index in [-0.39, 0.29) is 0 Å². The molecule has 0 spiro atoms. The van der Waals surface area contributed by atoms with Gasteiger partial charge in [-0.25, -0.2) is 0 Å². The predicted octanol–water partition coefficient (Wildman–Crippen LogP) is 3.39. The van der Waals surface area contributed by atoms with Gasteiger partial charge >= 0.3 is 0 Å². The van der Waals surface area contributed by atoms with Crippen molar-refractivity contribution in [2.24, 2.45) is 5.84 Å². The third kappa shape index (κ3) is 3.15. The van der Waals surface area contributed by atoms with Gasteiger partial charge < -0.3 is 0 Å². The van der Waals surface area contributed by atoms with Crippen LogP contribution in [-0.2, 0) is 12.8 Å². The van der Waals surface area contributed by atoms with Gasteiger partial charge in [-0.05, 0) is 49.4 Å². The van der Waals surface area contributed by atoms with Crippen LogP contribution in [-0.4, -0.2) is 11.3 Å². The molecule has 0 saturated carbocycles. The SMILES string of the molecule is Cc1ccc(C)c(CC(NN)C2Cc3ccccc3S2)c1. The highest BCUT2D eigenvalue weighted by molar-refractivity contribution is 8.00. The molecule has 3 N–H and O–H groups in total. The van der Waals surface area contributed by atoms with E-state index in [4.69, 9.17) is 5.84 Å². The molecular formula is C18H22N2S. The third-order valence-electron chi connectivity index (χ3n) is 4.28. The van der Waals surface area contributed by atoms with E-state index in [2.05, 4.69) is 61.7 Å². The van der Waals surface area contributed by atoms with Crippen LogP contribution in [0.1, 0.15) is 22.3 Å². The van der Waals surface area contributed by atoms with Gasteiger partial charge in [0, 0.05) is 16.2 Å². The molecule has 1 heterocycles. The van der Waals surface area contributed by atoms with Gasteiger partial charge in [-0.2, -0.15) is 0 Å². The summed E-state index contributed by atoms with van der Waals surface area (Å²) in [6, 6.07) is 15.6. The maximum atomic E-state index is 5.86. The van der Waals surface area contributed by atoms with Crippen molar-refractivity contribution in [3.63, 3.8) is 0 Å². The van der Waals surface area contributed by atoms with Crippen LogP contribution in [0.5, 0.6) is 0 Å². The highest BCUT2D eigenvalue weighted by atomic mass is 32.2. The molecule has 2 unspecified atom stereocenters. The number of fused-ring (bicyclic) bond motifs is 1. The first-order valence-corrected chi connectivity index (χ1v) is 8.32. The van der Waals surface area contributed by atoms with Crippen LogP contribution in [0, 0.1) is 13.8 Å². The molecule has 0 aliphatic carbocycles. The molecule has 2 nitrogen and oxygen atoms in total. The molecule has 3 rings (SSSR count). The van der Waals surface area contributed by atoms with E-state index in [1.165, 1.54) is 27.1 Å². The zero-order valence-corrected chi connectivity index (χ0v) is 13.4. The zero-order valence-electron chi connectivity index (χ0n) is 12.6. The Morgan fingerprint density at radius 3 is 2.81 bits per heavy atom. The van der Waals surface area contributed by atoms with E-state index in [1.807, 2.05) is 11.8 Å². The third-order valence-corrected chi connectivity index (χ3v) is 5.73. The van der Waals surface area contributed by atoms with Crippen LogP contribution in [0.2, 0.25) is 0 Å². The average molecular weight is 298 g/mol. The average Bonchev–Trinajstić information content (AvgIpc) is 2.91. The lowest BCUT2D eigenvalue weighted by Gasteiger charge is -2.23. The van der Waals surface area contributed by atoms with E-state index < -0.39 is 0 Å². The standard InChI is InChI=1S/C18H22N2S/c1-12-7-8-13(2)15(9-12)10-16(20-19)18-11-14-5-3-4-6-17(14)21-18/h3-9,16,18,20H,10-11,19H2,1-2H3. The van der Waals surface area contributed by atoms with Crippen molar-refractivity contribution in [1.82, 2.24) is 5.43 Å². The molecule has 1 aliphatic heterocycles. The van der Waals surface area contributed by atoms with Gasteiger partial charge in [0.15, 0.2) is 0 Å². The summed E-state index contributed by atoms with van der Waals surface area (Å²) < 4.78 is 0. The molecule has 3 heteroatoms. The molecule has 21 heavy (non-hydrogen) atoms. The van der Waals surface area contributed by atoms with Crippen LogP contribution in [0.15, 0.2) is 47.4 Å². The first kappa shape index (κ1) is 14.6. The van der Waals surface area contributed by atoms with E-state index >= 15 is 0 Å². The molecular weight excluding hydrogens is 276 g/mol. The second kappa shape index (κ2) is 6.22. The van der Waals surface area contributed by atoms with Crippen LogP contribution < -0.4 is 11.3 Å². The molecule has 0 radical (unpaired) electrons. The van der Waals surface area contributed by atoms with Gasteiger partial charge in [-0.15, -0.1) is 11.8 Å². The lowest BCUT2D eigenvalue weighted by molar-refractivity contribution is 0.505. The molecule has 0 saturated heterocycles. The van der Waals surface area contributed by atoms with E-state index in [9.17, 15) is 0 Å². The summed E-state index contributed by atoms with van der Waals surface area (Å²) in [4.78, 5) is 1.41. The minimum atomic E-state index is 0.294. The predicted molar refractivity (Wildman–Crippen MR) is 90.5 cm³/mol. The summed E-state index contributed by atoms with van der Waals surface area (Å²) in [5.74, 6) is 5.86. The van der Waals surface area contributed by atoms with Crippen molar-refractivity contribution in [3.05, 3.63) is 64.7 Å². The molecule has 2 aromatic carbocycles. The molecule has 110 valence electrons. The maximum absolute atomic E-state index is 5.86. The Morgan fingerprint density at radius 2 is 2.05 bits per heavy atom. The quantitative estimate of drug-likeness (QED) is 0.671. The lowest BCUT2D eigenvalue weighted by Crippen LogP contribution is -2.44. The number of hydrazine groups is 1. The lowest BCUT2D eigenvalue weighted by atomic mass is 9.95. The number of rotatable bonds is 4. The van der Waals surface area contributed by atoms with Crippen molar-refractivity contribution in [2.75, 3.05) is 0 Å². The van der Waals surface area contributed by atoms with Crippen LogP contribution in [0.4, 0.5) is 0 Å². The Labute approximate surface area is 131 Å². The molecule has 2 atom stereocenters. The first-order chi connectivity index (χ1) is 10.2. The minimum Gasteiger partial charge on any atom is -0.271 e. The number of aryl methyl sites for hydroxylation is 2. The fraction of sp³-hybridized carbons (Fsp3) is 0.333. The number of thioether (sulfide) groups is 1. The number of nitrogens with two attached hydrogens (primary N) is 1. The van der Waals surface area contributed by atoms with Gasteiger partial charge in [0.2, 0.25) is 0 Å². The topological polar surface area (TPSA) is 38.0 Å². The number of hydrogen-bond donors (Lipinski definition) is 2. The van der Waals surface area contributed by atoms with Gasteiger partial charge in [0.1, 0.15) is 0 Å². The highest BCUT2D eigenvalue weighted by Crippen LogP contribution is 2.38. The largest absolute Gasteiger partial charge is 0.271 e. The smallest absolute Gasteiger partial charge is 0.0376 e. The number of benzene rings is 2. The summed E-state index contributed by atoms with van der Waals surface area (Å²) in [6.45, 7) is 4.33. The van der Waals surface area contributed by atoms with Gasteiger partial charge in [0.25, 0.3) is 0 Å². The van der Waals surface area contributed by atoms with Crippen LogP contribution >= 0.6 is 11.8 Å². The summed E-state index contributed by atoms with van der Waals surface area (Å²) in [6.07, 6.45) is 2.08. The minimum absolute atomic E-state index is 0.294. The molecule has 2 aromatic rings. The zero-order chi connectivity index (χ0) is 14.8. The second-order valence-corrected chi connectivity index (χ2v) is 7.16. The van der Waals surface area contributed by atoms with Crippen molar-refractivity contribution in [2.45, 2.75) is 42.9 Å². The molecule has 0 fully saturated rings. The first-order valence-electron chi connectivity index (χ1n) is 7.44. The molecule has 1 aliphatic rings. The van der Waals surface area contributed by atoms with E-state index in [1.54, 1.807) is 0 Å². The van der Waals surface area contributed by atoms with Crippen molar-refractivity contribution >= 4 is 11.8 Å². The fourth-order valence-electron chi connectivity index (χ4n) is 2.99. The second-order valence-electron chi connectivity index (χ2n) is 5.88. The number of hydrogen-bond acceptors (Lipinski definition) is 3. The van der Waals surface area contributed by atoms with E-state index in [0.717, 1.165) is 12.8 Å². The van der Waals surface area contributed by atoms with Gasteiger partial charge in [0.05, 0.1) is 0 Å². The Hall–Kier alpha value is -1.29. The van der Waals surface area contributed by atoms with E-state index in [0.29, 0.717) is 11.3 Å². The van der Waals surface area contributed by atoms with Crippen molar-refractivity contribution in [1.29, 1.82) is 0 Å². The normalized spacial score (nSPS) is 18.5. The Kier molecular flexibility index (Phi) is 4.34. The summed E-state index contributed by atoms with van der Waals surface area (Å²) in [5, 5.41) is 0.507. The molecule has 0 amide bonds. The summed E-state index contributed by atoms with van der Waals surface area (Å²) in [5.41, 5.74) is 8.57. The molecule has 0 aromatic heterocycles.